The number of fused-ring (bicyclic) bond motifs is 1. The van der Waals surface area contributed by atoms with Crippen LogP contribution in [0.1, 0.15) is 0 Å². The smallest absolute Gasteiger partial charge is 0.267 e. The number of amides is 1. The van der Waals surface area contributed by atoms with Crippen LogP contribution in [0.25, 0.3) is 22.2 Å². The van der Waals surface area contributed by atoms with Gasteiger partial charge in [0.2, 0.25) is 5.91 Å². The number of rotatable bonds is 6. The highest BCUT2D eigenvalue weighted by Gasteiger charge is 2.10. The average molecular weight is 407 g/mol. The van der Waals surface area contributed by atoms with E-state index in [1.165, 1.54) is 6.07 Å². The van der Waals surface area contributed by atoms with Crippen LogP contribution in [-0.4, -0.2) is 26.8 Å². The monoisotopic (exact) mass is 406 g/mol. The summed E-state index contributed by atoms with van der Waals surface area (Å²) in [7, 11) is 0. The van der Waals surface area contributed by atoms with E-state index in [9.17, 15) is 9.59 Å². The van der Waals surface area contributed by atoms with Crippen LogP contribution < -0.4 is 10.9 Å². The number of hydrogen-bond donors (Lipinski definition) is 1. The second kappa shape index (κ2) is 8.32. The zero-order valence-corrected chi connectivity index (χ0v) is 16.3. The van der Waals surface area contributed by atoms with Gasteiger partial charge in [0.25, 0.3) is 5.56 Å². The van der Waals surface area contributed by atoms with Crippen molar-refractivity contribution in [2.45, 2.75) is 13.1 Å². The van der Waals surface area contributed by atoms with Crippen LogP contribution in [0.5, 0.6) is 0 Å². The maximum atomic E-state index is 12.3. The minimum Gasteiger partial charge on any atom is -0.353 e. The third kappa shape index (κ3) is 4.22. The maximum Gasteiger partial charge on any atom is 0.267 e. The number of halogens is 1. The number of carbonyl (C=O) groups excluding carboxylic acids is 1. The Morgan fingerprint density at radius 2 is 1.79 bits per heavy atom. The van der Waals surface area contributed by atoms with Crippen LogP contribution in [0.15, 0.2) is 77.7 Å². The van der Waals surface area contributed by atoms with Crippen molar-refractivity contribution in [3.8, 4) is 11.3 Å². The molecular formula is C22H19ClN4O2. The van der Waals surface area contributed by atoms with E-state index in [0.29, 0.717) is 29.4 Å². The molecule has 2 aromatic heterocycles. The molecule has 7 heteroatoms. The fourth-order valence-electron chi connectivity index (χ4n) is 3.22. The van der Waals surface area contributed by atoms with Crippen molar-refractivity contribution in [1.29, 1.82) is 0 Å². The summed E-state index contributed by atoms with van der Waals surface area (Å²) in [6, 6.07) is 20.4. The third-order valence-electron chi connectivity index (χ3n) is 4.66. The molecule has 0 fully saturated rings. The minimum atomic E-state index is -0.340. The highest BCUT2D eigenvalue weighted by molar-refractivity contribution is 6.33. The topological polar surface area (TPSA) is 68.9 Å². The highest BCUT2D eigenvalue weighted by atomic mass is 35.5. The molecule has 6 nitrogen and oxygen atoms in total. The molecule has 0 saturated heterocycles. The van der Waals surface area contributed by atoms with Crippen LogP contribution >= 0.6 is 11.6 Å². The van der Waals surface area contributed by atoms with E-state index >= 15 is 0 Å². The lowest BCUT2D eigenvalue weighted by Gasteiger charge is -2.10. The molecule has 4 rings (SSSR count). The maximum absolute atomic E-state index is 12.3. The van der Waals surface area contributed by atoms with Gasteiger partial charge >= 0.3 is 0 Å². The van der Waals surface area contributed by atoms with E-state index in [2.05, 4.69) is 21.0 Å². The first kappa shape index (κ1) is 19.0. The SMILES string of the molecule is O=C(Cn1nc(-c2ccccc2Cl)ccc1=O)NCCn1ccc2ccccc21. The third-order valence-corrected chi connectivity index (χ3v) is 4.99. The highest BCUT2D eigenvalue weighted by Crippen LogP contribution is 2.24. The van der Waals surface area contributed by atoms with E-state index < -0.39 is 0 Å². The summed E-state index contributed by atoms with van der Waals surface area (Å²) in [5.74, 6) is -0.271. The molecule has 146 valence electrons. The van der Waals surface area contributed by atoms with Crippen molar-refractivity contribution < 1.29 is 4.79 Å². The number of nitrogens with zero attached hydrogens (tertiary/aromatic N) is 3. The van der Waals surface area contributed by atoms with Crippen LogP contribution in [0.3, 0.4) is 0 Å². The molecular weight excluding hydrogens is 388 g/mol. The molecule has 0 aliphatic carbocycles. The summed E-state index contributed by atoms with van der Waals surface area (Å²) in [4.78, 5) is 24.4. The van der Waals surface area contributed by atoms with Crippen molar-refractivity contribution in [2.75, 3.05) is 6.54 Å². The molecule has 4 aromatic rings. The molecule has 1 amide bonds. The number of para-hydroxylation sites is 1. The minimum absolute atomic E-state index is 0.149. The second-order valence-corrected chi connectivity index (χ2v) is 7.02. The van der Waals surface area contributed by atoms with Gasteiger partial charge in [-0.25, -0.2) is 4.68 Å². The summed E-state index contributed by atoms with van der Waals surface area (Å²) in [5.41, 5.74) is 2.03. The fraction of sp³-hybridized carbons (Fsp3) is 0.136. The Balaban J connectivity index is 1.41. The standard InChI is InChI=1S/C22H19ClN4O2/c23-18-7-3-2-6-17(18)19-9-10-22(29)27(25-19)15-21(28)24-12-14-26-13-11-16-5-1-4-8-20(16)26/h1-11,13H,12,14-15H2,(H,24,28). The van der Waals surface area contributed by atoms with E-state index in [0.717, 1.165) is 15.6 Å². The Kier molecular flexibility index (Phi) is 5.44. The Labute approximate surface area is 172 Å². The number of aromatic nitrogens is 3. The van der Waals surface area contributed by atoms with Gasteiger partial charge in [-0.3, -0.25) is 9.59 Å². The molecule has 0 atom stereocenters. The first-order chi connectivity index (χ1) is 14.1. The Hall–Kier alpha value is -3.38. The van der Waals surface area contributed by atoms with E-state index in [1.54, 1.807) is 12.1 Å². The summed E-state index contributed by atoms with van der Waals surface area (Å²) >= 11 is 6.21. The largest absolute Gasteiger partial charge is 0.353 e. The lowest BCUT2D eigenvalue weighted by atomic mass is 10.1. The first-order valence-electron chi connectivity index (χ1n) is 9.25. The van der Waals surface area contributed by atoms with Gasteiger partial charge in [0, 0.05) is 36.4 Å². The Bertz CT molecular complexity index is 1230. The van der Waals surface area contributed by atoms with Gasteiger partial charge in [0.15, 0.2) is 0 Å². The lowest BCUT2D eigenvalue weighted by molar-refractivity contribution is -0.121. The summed E-state index contributed by atoms with van der Waals surface area (Å²) in [6.07, 6.45) is 2.00. The Morgan fingerprint density at radius 3 is 2.66 bits per heavy atom. The fourth-order valence-corrected chi connectivity index (χ4v) is 3.45. The predicted octanol–water partition coefficient (Wildman–Crippen LogP) is 3.33. The molecule has 0 aliphatic heterocycles. The molecule has 2 heterocycles. The van der Waals surface area contributed by atoms with Gasteiger partial charge < -0.3 is 9.88 Å². The number of carbonyl (C=O) groups is 1. The summed E-state index contributed by atoms with van der Waals surface area (Å²) in [5, 5.41) is 8.84. The molecule has 0 radical (unpaired) electrons. The average Bonchev–Trinajstić information content (AvgIpc) is 3.13. The number of nitrogens with one attached hydrogen (secondary N) is 1. The molecule has 0 bridgehead atoms. The van der Waals surface area contributed by atoms with Gasteiger partial charge in [0.1, 0.15) is 6.54 Å². The van der Waals surface area contributed by atoms with E-state index in [-0.39, 0.29) is 18.0 Å². The molecule has 1 N–H and O–H groups in total. The van der Waals surface area contributed by atoms with Crippen molar-refractivity contribution in [3.05, 3.63) is 88.3 Å². The second-order valence-electron chi connectivity index (χ2n) is 6.61. The van der Waals surface area contributed by atoms with E-state index in [1.807, 2.05) is 48.7 Å². The van der Waals surface area contributed by atoms with Crippen molar-refractivity contribution >= 4 is 28.4 Å². The van der Waals surface area contributed by atoms with Crippen LogP contribution in [0.2, 0.25) is 5.02 Å². The number of benzene rings is 2. The summed E-state index contributed by atoms with van der Waals surface area (Å²) in [6.45, 7) is 0.946. The normalized spacial score (nSPS) is 10.9. The first-order valence-corrected chi connectivity index (χ1v) is 9.63. The van der Waals surface area contributed by atoms with Gasteiger partial charge in [-0.1, -0.05) is 48.0 Å². The van der Waals surface area contributed by atoms with E-state index in [4.69, 9.17) is 11.6 Å². The van der Waals surface area contributed by atoms with Crippen LogP contribution in [0.4, 0.5) is 0 Å². The Morgan fingerprint density at radius 1 is 1.00 bits per heavy atom. The van der Waals surface area contributed by atoms with Crippen molar-refractivity contribution in [1.82, 2.24) is 19.7 Å². The van der Waals surface area contributed by atoms with Gasteiger partial charge in [0.05, 0.1) is 10.7 Å². The predicted molar refractivity (Wildman–Crippen MR) is 114 cm³/mol. The van der Waals surface area contributed by atoms with Crippen LogP contribution in [0, 0.1) is 0 Å². The zero-order valence-electron chi connectivity index (χ0n) is 15.6. The van der Waals surface area contributed by atoms with Gasteiger partial charge in [-0.15, -0.1) is 0 Å². The molecule has 2 aromatic carbocycles. The quantitative estimate of drug-likeness (QED) is 0.534. The van der Waals surface area contributed by atoms with Crippen LogP contribution in [-0.2, 0) is 17.9 Å². The van der Waals surface area contributed by atoms with Gasteiger partial charge in [-0.05, 0) is 29.7 Å². The summed E-state index contributed by atoms with van der Waals surface area (Å²) < 4.78 is 3.23. The lowest BCUT2D eigenvalue weighted by Crippen LogP contribution is -2.35. The molecule has 0 saturated carbocycles. The number of hydrogen-bond acceptors (Lipinski definition) is 3. The molecule has 0 spiro atoms. The molecule has 29 heavy (non-hydrogen) atoms. The zero-order chi connectivity index (χ0) is 20.2. The van der Waals surface area contributed by atoms with Crippen molar-refractivity contribution in [3.63, 3.8) is 0 Å². The molecule has 0 aliphatic rings. The van der Waals surface area contributed by atoms with Gasteiger partial charge in [-0.2, -0.15) is 5.10 Å². The van der Waals surface area contributed by atoms with Crippen molar-refractivity contribution in [2.24, 2.45) is 0 Å². The molecule has 0 unspecified atom stereocenters.